The van der Waals surface area contributed by atoms with Crippen LogP contribution >= 0.6 is 0 Å². The molecule has 0 saturated heterocycles. The Kier molecular flexibility index (Phi) is 6.74. The number of hydrogen-bond donors (Lipinski definition) is 3. The molecule has 0 unspecified atom stereocenters. The highest BCUT2D eigenvalue weighted by atomic mass is 16.5. The molecule has 3 aromatic carbocycles. The molecule has 36 heavy (non-hydrogen) atoms. The van der Waals surface area contributed by atoms with Gasteiger partial charge in [-0.2, -0.15) is 0 Å². The van der Waals surface area contributed by atoms with Gasteiger partial charge in [-0.05, 0) is 30.9 Å². The van der Waals surface area contributed by atoms with Crippen molar-refractivity contribution in [3.63, 3.8) is 0 Å². The molecule has 1 amide bonds. The molecule has 0 aromatic heterocycles. The molecule has 0 bridgehead atoms. The van der Waals surface area contributed by atoms with E-state index in [0.29, 0.717) is 11.3 Å². The lowest BCUT2D eigenvalue weighted by Gasteiger charge is -2.32. The first-order chi connectivity index (χ1) is 17.1. The van der Waals surface area contributed by atoms with E-state index in [1.165, 1.54) is 12.1 Å². The average molecular weight is 494 g/mol. The Morgan fingerprint density at radius 3 is 2.56 bits per heavy atom. The number of hydrogen-bond acceptors (Lipinski definition) is 7. The Morgan fingerprint density at radius 2 is 1.86 bits per heavy atom. The van der Waals surface area contributed by atoms with Gasteiger partial charge in [-0.1, -0.05) is 30.3 Å². The van der Waals surface area contributed by atoms with Gasteiger partial charge in [-0.25, -0.2) is 0 Å². The second kappa shape index (κ2) is 9.77. The van der Waals surface area contributed by atoms with E-state index in [-0.39, 0.29) is 41.4 Å². The number of methoxy groups -OCH3 is 1. The molecule has 4 rings (SSSR count). The summed E-state index contributed by atoms with van der Waals surface area (Å²) in [5, 5.41) is 24.1. The number of carboxylic acids is 1. The zero-order valence-electron chi connectivity index (χ0n) is 20.2. The third-order valence-electron chi connectivity index (χ3n) is 5.90. The molecule has 0 fully saturated rings. The first kappa shape index (κ1) is 24.8. The molecule has 3 aromatic rings. The second-order valence-corrected chi connectivity index (χ2v) is 9.19. The van der Waals surface area contributed by atoms with E-state index in [4.69, 9.17) is 14.2 Å². The minimum absolute atomic E-state index is 0.0824. The Labute approximate surface area is 207 Å². The molecule has 1 heterocycles. The number of carbonyl (C=O) groups excluding carboxylic acids is 2. The zero-order chi connectivity index (χ0) is 26.0. The van der Waals surface area contributed by atoms with Gasteiger partial charge in [0.25, 0.3) is 5.91 Å². The number of amides is 1. The van der Waals surface area contributed by atoms with Crippen LogP contribution in [0.4, 0.5) is 0 Å². The second-order valence-electron chi connectivity index (χ2n) is 9.19. The first-order valence-corrected chi connectivity index (χ1v) is 11.4. The summed E-state index contributed by atoms with van der Waals surface area (Å²) in [7, 11) is 1.55. The normalized spacial score (nSPS) is 14.9. The number of nitrogens with one attached hydrogen (secondary N) is 1. The fourth-order valence-electron chi connectivity index (χ4n) is 4.40. The lowest BCUT2D eigenvalue weighted by Crippen LogP contribution is -2.36. The van der Waals surface area contributed by atoms with Crippen molar-refractivity contribution in [1.82, 2.24) is 5.32 Å². The highest BCUT2D eigenvalue weighted by molar-refractivity contribution is 6.03. The largest absolute Gasteiger partial charge is 0.507 e. The number of ether oxygens (including phenoxy) is 3. The lowest BCUT2D eigenvalue weighted by atomic mass is 9.92. The molecule has 0 aliphatic carbocycles. The Morgan fingerprint density at radius 1 is 1.14 bits per heavy atom. The van der Waals surface area contributed by atoms with Crippen LogP contribution in [-0.4, -0.2) is 47.2 Å². The zero-order valence-corrected chi connectivity index (χ0v) is 20.2. The van der Waals surface area contributed by atoms with Crippen molar-refractivity contribution in [1.29, 1.82) is 0 Å². The molecule has 9 nitrogen and oxygen atoms in total. The monoisotopic (exact) mass is 493 g/mol. The van der Waals surface area contributed by atoms with Crippen LogP contribution in [0.2, 0.25) is 0 Å². The van der Waals surface area contributed by atoms with Crippen LogP contribution in [0.15, 0.2) is 48.5 Å². The number of carbonyl (C=O) groups is 3. The molecule has 3 N–H and O–H groups in total. The smallest absolute Gasteiger partial charge is 0.305 e. The summed E-state index contributed by atoms with van der Waals surface area (Å²) < 4.78 is 16.8. The highest BCUT2D eigenvalue weighted by Crippen LogP contribution is 2.41. The van der Waals surface area contributed by atoms with Gasteiger partial charge in [0.15, 0.2) is 12.4 Å². The predicted molar refractivity (Wildman–Crippen MR) is 131 cm³/mol. The van der Waals surface area contributed by atoms with E-state index in [1.54, 1.807) is 33.1 Å². The summed E-state index contributed by atoms with van der Waals surface area (Å²) in [6.07, 6.45) is -0.214. The average Bonchev–Trinajstić information content (AvgIpc) is 2.80. The van der Waals surface area contributed by atoms with Crippen LogP contribution in [0.5, 0.6) is 23.0 Å². The fraction of sp³-hybridized carbons (Fsp3) is 0.296. The maximum atomic E-state index is 12.8. The molecule has 1 atom stereocenters. The summed E-state index contributed by atoms with van der Waals surface area (Å²) in [6, 6.07) is 12.7. The van der Waals surface area contributed by atoms with Crippen molar-refractivity contribution in [2.45, 2.75) is 38.3 Å². The Hall–Kier alpha value is -4.27. The SMILES string of the molecule is COc1ccc([C@@H](CC(=O)O)NC(=O)COc2cc(O)c3c(c2)OC(C)(C)CC3=O)c2ccccc12. The van der Waals surface area contributed by atoms with Crippen LogP contribution in [0.25, 0.3) is 10.8 Å². The third kappa shape index (κ3) is 5.19. The minimum Gasteiger partial charge on any atom is -0.507 e. The van der Waals surface area contributed by atoms with Crippen molar-refractivity contribution >= 4 is 28.4 Å². The summed E-state index contributed by atoms with van der Waals surface area (Å²) in [4.78, 5) is 36.7. The van der Waals surface area contributed by atoms with Gasteiger partial charge in [0.2, 0.25) is 0 Å². The highest BCUT2D eigenvalue weighted by Gasteiger charge is 2.35. The van der Waals surface area contributed by atoms with Crippen molar-refractivity contribution in [3.05, 3.63) is 59.7 Å². The van der Waals surface area contributed by atoms with E-state index in [9.17, 15) is 24.6 Å². The van der Waals surface area contributed by atoms with Crippen molar-refractivity contribution in [2.24, 2.45) is 0 Å². The number of carboxylic acid groups (broad SMARTS) is 1. The summed E-state index contributed by atoms with van der Waals surface area (Å²) in [5.74, 6) is -1.23. The number of fused-ring (bicyclic) bond motifs is 2. The summed E-state index contributed by atoms with van der Waals surface area (Å²) >= 11 is 0. The van der Waals surface area contributed by atoms with Gasteiger partial charge in [-0.15, -0.1) is 0 Å². The summed E-state index contributed by atoms with van der Waals surface area (Å²) in [5.41, 5.74) is -0.0284. The molecule has 0 radical (unpaired) electrons. The van der Waals surface area contributed by atoms with Crippen molar-refractivity contribution < 1.29 is 38.8 Å². The van der Waals surface area contributed by atoms with E-state index >= 15 is 0 Å². The molecular weight excluding hydrogens is 466 g/mol. The van der Waals surface area contributed by atoms with E-state index in [0.717, 1.165) is 10.8 Å². The summed E-state index contributed by atoms with van der Waals surface area (Å²) in [6.45, 7) is 3.08. The van der Waals surface area contributed by atoms with Crippen LogP contribution in [0.1, 0.15) is 48.7 Å². The molecule has 0 spiro atoms. The molecule has 9 heteroatoms. The number of phenols is 1. The number of phenolic OH excluding ortho intramolecular Hbond substituents is 1. The number of aromatic hydroxyl groups is 1. The molecule has 1 aliphatic heterocycles. The molecule has 188 valence electrons. The van der Waals surface area contributed by atoms with Crippen LogP contribution in [0.3, 0.4) is 0 Å². The van der Waals surface area contributed by atoms with Crippen molar-refractivity contribution in [3.8, 4) is 23.0 Å². The number of rotatable bonds is 8. The van der Waals surface area contributed by atoms with Gasteiger partial charge in [0.1, 0.15) is 34.2 Å². The first-order valence-electron chi connectivity index (χ1n) is 11.4. The number of benzene rings is 3. The minimum atomic E-state index is -1.08. The predicted octanol–water partition coefficient (Wildman–Crippen LogP) is 4.01. The van der Waals surface area contributed by atoms with E-state index in [1.807, 2.05) is 24.3 Å². The van der Waals surface area contributed by atoms with Gasteiger partial charge in [0.05, 0.1) is 26.0 Å². The standard InChI is InChI=1S/C27H27NO8/c1-27(2)13-21(30)26-20(29)10-15(11-23(26)36-27)35-14-24(31)28-19(12-25(32)33)17-8-9-22(34-3)18-7-5-4-6-16(17)18/h4-11,19,29H,12-14H2,1-3H3,(H,28,31)(H,32,33)/t19-/m1/s1. The molecule has 1 aliphatic rings. The Balaban J connectivity index is 1.53. The van der Waals surface area contributed by atoms with Gasteiger partial charge in [-0.3, -0.25) is 14.4 Å². The maximum absolute atomic E-state index is 12.8. The van der Waals surface area contributed by atoms with E-state index in [2.05, 4.69) is 5.32 Å². The van der Waals surface area contributed by atoms with Crippen LogP contribution < -0.4 is 19.5 Å². The van der Waals surface area contributed by atoms with Gasteiger partial charge in [0, 0.05) is 17.5 Å². The number of aliphatic carboxylic acids is 1. The van der Waals surface area contributed by atoms with Gasteiger partial charge >= 0.3 is 5.97 Å². The Bertz CT molecular complexity index is 1350. The maximum Gasteiger partial charge on any atom is 0.305 e. The van der Waals surface area contributed by atoms with Crippen LogP contribution in [0, 0.1) is 0 Å². The molecular formula is C27H27NO8. The van der Waals surface area contributed by atoms with Gasteiger partial charge < -0.3 is 29.7 Å². The third-order valence-corrected chi connectivity index (χ3v) is 5.90. The fourth-order valence-corrected chi connectivity index (χ4v) is 4.40. The lowest BCUT2D eigenvalue weighted by molar-refractivity contribution is -0.137. The number of ketones is 1. The van der Waals surface area contributed by atoms with Crippen molar-refractivity contribution in [2.75, 3.05) is 13.7 Å². The number of Topliss-reactive ketones (excluding diaryl/α,β-unsaturated/α-hetero) is 1. The quantitative estimate of drug-likeness (QED) is 0.429. The van der Waals surface area contributed by atoms with Crippen LogP contribution in [-0.2, 0) is 9.59 Å². The van der Waals surface area contributed by atoms with E-state index < -0.39 is 30.1 Å². The topological polar surface area (TPSA) is 131 Å². The molecule has 0 saturated carbocycles.